The molecule has 0 radical (unpaired) electrons. The Bertz CT molecular complexity index is 822. The average molecular weight is 366 g/mol. The maximum atomic E-state index is 13.1. The molecule has 6 heteroatoms. The Balaban J connectivity index is 1.89. The van der Waals surface area contributed by atoms with Gasteiger partial charge in [-0.25, -0.2) is 0 Å². The number of aromatic nitrogens is 1. The van der Waals surface area contributed by atoms with E-state index in [-0.39, 0.29) is 11.8 Å². The number of nitrogens with one attached hydrogen (secondary N) is 1. The van der Waals surface area contributed by atoms with E-state index >= 15 is 0 Å². The quantitative estimate of drug-likeness (QED) is 0.903. The van der Waals surface area contributed by atoms with Crippen LogP contribution in [0.5, 0.6) is 0 Å². The topological polar surface area (TPSA) is 65.5 Å². The van der Waals surface area contributed by atoms with Crippen LogP contribution in [-0.4, -0.2) is 59.3 Å². The fourth-order valence-electron chi connectivity index (χ4n) is 3.64. The molecule has 1 fully saturated rings. The van der Waals surface area contributed by atoms with Gasteiger partial charge in [0, 0.05) is 38.7 Å². The number of amides is 2. The molecule has 1 aromatic heterocycles. The number of rotatable bonds is 4. The Hall–Kier alpha value is -2.89. The normalized spacial score (nSPS) is 19.4. The van der Waals surface area contributed by atoms with Crippen LogP contribution in [0.15, 0.2) is 48.8 Å². The molecule has 0 saturated carbocycles. The molecule has 3 rings (SSSR count). The number of hydrogen-bond acceptors (Lipinski definition) is 4. The first kappa shape index (κ1) is 18.9. The average Bonchev–Trinajstić information content (AvgIpc) is 2.67. The maximum Gasteiger partial charge on any atom is 0.255 e. The third-order valence-corrected chi connectivity index (χ3v) is 4.87. The van der Waals surface area contributed by atoms with Gasteiger partial charge in [0.2, 0.25) is 5.91 Å². The fourth-order valence-corrected chi connectivity index (χ4v) is 3.64. The standard InChI is InChI=1S/C21H26N4O2/c1-16-12-17(14-22-13-16)19(26)25-11-7-10-21(15-25,20(27)24(2)3)23-18-8-5-4-6-9-18/h4-6,8-9,12-14,23H,7,10-11,15H2,1-3H3. The number of likely N-dealkylation sites (tertiary alicyclic amines) is 1. The number of para-hydroxylation sites is 1. The van der Waals surface area contributed by atoms with Crippen LogP contribution in [0.25, 0.3) is 0 Å². The lowest BCUT2D eigenvalue weighted by Gasteiger charge is -2.43. The zero-order valence-corrected chi connectivity index (χ0v) is 16.1. The second-order valence-corrected chi connectivity index (χ2v) is 7.35. The summed E-state index contributed by atoms with van der Waals surface area (Å²) in [5.41, 5.74) is 1.54. The van der Waals surface area contributed by atoms with Crippen molar-refractivity contribution in [3.05, 3.63) is 59.9 Å². The van der Waals surface area contributed by atoms with Crippen LogP contribution in [0, 0.1) is 6.92 Å². The Kier molecular flexibility index (Phi) is 5.44. The summed E-state index contributed by atoms with van der Waals surface area (Å²) < 4.78 is 0. The van der Waals surface area contributed by atoms with Crippen molar-refractivity contribution < 1.29 is 9.59 Å². The predicted molar refractivity (Wildman–Crippen MR) is 106 cm³/mol. The molecule has 0 spiro atoms. The van der Waals surface area contributed by atoms with Gasteiger partial charge in [-0.1, -0.05) is 18.2 Å². The van der Waals surface area contributed by atoms with Gasteiger partial charge in [-0.2, -0.15) is 0 Å². The van der Waals surface area contributed by atoms with E-state index in [0.717, 1.165) is 17.7 Å². The van der Waals surface area contributed by atoms with Crippen molar-refractivity contribution in [2.45, 2.75) is 25.3 Å². The molecule has 0 bridgehead atoms. The predicted octanol–water partition coefficient (Wildman–Crippen LogP) is 2.57. The summed E-state index contributed by atoms with van der Waals surface area (Å²) in [6.07, 6.45) is 4.74. The number of piperidine rings is 1. The lowest BCUT2D eigenvalue weighted by molar-refractivity contribution is -0.135. The number of benzene rings is 1. The van der Waals surface area contributed by atoms with E-state index < -0.39 is 5.54 Å². The van der Waals surface area contributed by atoms with Crippen LogP contribution in [0.4, 0.5) is 5.69 Å². The Morgan fingerprint density at radius 2 is 1.93 bits per heavy atom. The van der Waals surface area contributed by atoms with Gasteiger partial charge in [0.25, 0.3) is 5.91 Å². The summed E-state index contributed by atoms with van der Waals surface area (Å²) in [6, 6.07) is 11.5. The van der Waals surface area contributed by atoms with Crippen LogP contribution in [0.1, 0.15) is 28.8 Å². The molecule has 2 heterocycles. The summed E-state index contributed by atoms with van der Waals surface area (Å²) >= 11 is 0. The molecule has 1 aliphatic heterocycles. The van der Waals surface area contributed by atoms with Gasteiger partial charge in [-0.05, 0) is 43.5 Å². The number of hydrogen-bond donors (Lipinski definition) is 1. The molecule has 142 valence electrons. The largest absolute Gasteiger partial charge is 0.370 e. The van der Waals surface area contributed by atoms with Crippen molar-refractivity contribution >= 4 is 17.5 Å². The minimum absolute atomic E-state index is 0.0220. The van der Waals surface area contributed by atoms with Crippen LogP contribution in [0.2, 0.25) is 0 Å². The molecule has 1 atom stereocenters. The summed E-state index contributed by atoms with van der Waals surface area (Å²) in [5, 5.41) is 3.42. The third kappa shape index (κ3) is 4.10. The highest BCUT2D eigenvalue weighted by Crippen LogP contribution is 2.28. The zero-order chi connectivity index (χ0) is 19.4. The summed E-state index contributed by atoms with van der Waals surface area (Å²) in [7, 11) is 3.50. The van der Waals surface area contributed by atoms with Crippen molar-refractivity contribution in [3.8, 4) is 0 Å². The second kappa shape index (κ2) is 7.78. The van der Waals surface area contributed by atoms with Crippen molar-refractivity contribution in [1.82, 2.24) is 14.8 Å². The lowest BCUT2D eigenvalue weighted by Crippen LogP contribution is -2.62. The van der Waals surface area contributed by atoms with E-state index in [0.29, 0.717) is 25.1 Å². The monoisotopic (exact) mass is 366 g/mol. The van der Waals surface area contributed by atoms with Gasteiger partial charge < -0.3 is 15.1 Å². The molecule has 1 aliphatic rings. The number of aryl methyl sites for hydroxylation is 1. The van der Waals surface area contributed by atoms with Crippen LogP contribution in [0.3, 0.4) is 0 Å². The van der Waals surface area contributed by atoms with Gasteiger partial charge in [-0.15, -0.1) is 0 Å². The molecule has 1 aromatic carbocycles. The van der Waals surface area contributed by atoms with Crippen molar-refractivity contribution in [1.29, 1.82) is 0 Å². The SMILES string of the molecule is Cc1cncc(C(=O)N2CCCC(Nc3ccccc3)(C(=O)N(C)C)C2)c1. The van der Waals surface area contributed by atoms with E-state index in [1.807, 2.05) is 43.3 Å². The molecule has 1 saturated heterocycles. The second-order valence-electron chi connectivity index (χ2n) is 7.35. The molecule has 2 aromatic rings. The van der Waals surface area contributed by atoms with Gasteiger partial charge in [0.05, 0.1) is 12.1 Å². The van der Waals surface area contributed by atoms with Crippen molar-refractivity contribution in [3.63, 3.8) is 0 Å². The first-order valence-corrected chi connectivity index (χ1v) is 9.17. The number of anilines is 1. The summed E-state index contributed by atoms with van der Waals surface area (Å²) in [4.78, 5) is 33.6. The Morgan fingerprint density at radius 3 is 2.59 bits per heavy atom. The minimum atomic E-state index is -0.837. The van der Waals surface area contributed by atoms with Crippen LogP contribution >= 0.6 is 0 Å². The highest BCUT2D eigenvalue weighted by molar-refractivity contribution is 5.96. The molecule has 1 unspecified atom stereocenters. The van der Waals surface area contributed by atoms with Crippen LogP contribution < -0.4 is 5.32 Å². The number of carbonyl (C=O) groups is 2. The van der Waals surface area contributed by atoms with E-state index in [2.05, 4.69) is 10.3 Å². The number of likely N-dealkylation sites (N-methyl/N-ethyl adjacent to an activating group) is 1. The van der Waals surface area contributed by atoms with Crippen molar-refractivity contribution in [2.75, 3.05) is 32.5 Å². The summed E-state index contributed by atoms with van der Waals surface area (Å²) in [6.45, 7) is 2.87. The molecule has 2 amide bonds. The van der Waals surface area contributed by atoms with Crippen molar-refractivity contribution in [2.24, 2.45) is 0 Å². The third-order valence-electron chi connectivity index (χ3n) is 4.87. The molecule has 6 nitrogen and oxygen atoms in total. The van der Waals surface area contributed by atoms with Gasteiger partial charge >= 0.3 is 0 Å². The highest BCUT2D eigenvalue weighted by Gasteiger charge is 2.44. The van der Waals surface area contributed by atoms with Crippen LogP contribution in [-0.2, 0) is 4.79 Å². The number of carbonyl (C=O) groups excluding carboxylic acids is 2. The number of nitrogens with zero attached hydrogens (tertiary/aromatic N) is 3. The van der Waals surface area contributed by atoms with E-state index in [4.69, 9.17) is 0 Å². The Labute approximate surface area is 160 Å². The fraction of sp³-hybridized carbons (Fsp3) is 0.381. The first-order chi connectivity index (χ1) is 12.9. The van der Waals surface area contributed by atoms with E-state index in [1.165, 1.54) is 0 Å². The Morgan fingerprint density at radius 1 is 1.19 bits per heavy atom. The lowest BCUT2D eigenvalue weighted by atomic mass is 9.86. The van der Waals surface area contributed by atoms with E-state index in [9.17, 15) is 9.59 Å². The zero-order valence-electron chi connectivity index (χ0n) is 16.1. The van der Waals surface area contributed by atoms with Gasteiger partial charge in [0.1, 0.15) is 5.54 Å². The number of pyridine rings is 1. The first-order valence-electron chi connectivity index (χ1n) is 9.17. The van der Waals surface area contributed by atoms with Gasteiger partial charge in [-0.3, -0.25) is 14.6 Å². The smallest absolute Gasteiger partial charge is 0.255 e. The molecular formula is C21H26N4O2. The molecule has 27 heavy (non-hydrogen) atoms. The van der Waals surface area contributed by atoms with Gasteiger partial charge in [0.15, 0.2) is 0 Å². The summed E-state index contributed by atoms with van der Waals surface area (Å²) in [5.74, 6) is -0.108. The molecular weight excluding hydrogens is 340 g/mol. The minimum Gasteiger partial charge on any atom is -0.370 e. The molecule has 0 aliphatic carbocycles. The molecule has 1 N–H and O–H groups in total. The maximum absolute atomic E-state index is 13.1. The highest BCUT2D eigenvalue weighted by atomic mass is 16.2. The van der Waals surface area contributed by atoms with E-state index in [1.54, 1.807) is 36.3 Å².